The molecule has 0 amide bonds. The zero-order chi connectivity index (χ0) is 12.3. The van der Waals surface area contributed by atoms with Crippen molar-refractivity contribution in [3.8, 4) is 17.7 Å². The lowest BCUT2D eigenvalue weighted by molar-refractivity contribution is 0.460. The number of hydrogen-bond donors (Lipinski definition) is 1. The number of nitrogen functional groups attached to an aromatic ring is 1. The zero-order valence-electron chi connectivity index (χ0n) is 8.59. The molecule has 0 spiro atoms. The number of hydrogen-bond acceptors (Lipinski definition) is 5. The highest BCUT2D eigenvalue weighted by molar-refractivity contribution is 9.10. The number of ether oxygens (including phenoxy) is 1. The number of pyridine rings is 2. The number of halogens is 1. The van der Waals surface area contributed by atoms with Gasteiger partial charge < -0.3 is 10.5 Å². The Balaban J connectivity index is 2.28. The van der Waals surface area contributed by atoms with Gasteiger partial charge >= 0.3 is 0 Å². The van der Waals surface area contributed by atoms with Gasteiger partial charge in [0.2, 0.25) is 5.88 Å². The second kappa shape index (κ2) is 4.80. The minimum atomic E-state index is 0.144. The summed E-state index contributed by atoms with van der Waals surface area (Å²) in [5.41, 5.74) is 6.03. The van der Waals surface area contributed by atoms with E-state index in [2.05, 4.69) is 25.9 Å². The first-order chi connectivity index (χ1) is 8.19. The minimum absolute atomic E-state index is 0.144. The first kappa shape index (κ1) is 11.4. The molecule has 17 heavy (non-hydrogen) atoms. The molecule has 0 radical (unpaired) electrons. The molecule has 2 heterocycles. The molecule has 2 rings (SSSR count). The molecule has 0 aliphatic heterocycles. The lowest BCUT2D eigenvalue weighted by Gasteiger charge is -2.05. The van der Waals surface area contributed by atoms with Crippen LogP contribution in [0.2, 0.25) is 0 Å². The van der Waals surface area contributed by atoms with Gasteiger partial charge in [0.05, 0.1) is 11.9 Å². The first-order valence-corrected chi connectivity index (χ1v) is 5.43. The van der Waals surface area contributed by atoms with E-state index in [4.69, 9.17) is 15.7 Å². The maximum absolute atomic E-state index is 8.79. The number of nitrogens with two attached hydrogens (primary N) is 1. The summed E-state index contributed by atoms with van der Waals surface area (Å²) in [5, 5.41) is 8.79. The minimum Gasteiger partial charge on any atom is -0.437 e. The fourth-order valence-corrected chi connectivity index (χ4v) is 1.51. The van der Waals surface area contributed by atoms with Gasteiger partial charge in [-0.3, -0.25) is 4.98 Å². The van der Waals surface area contributed by atoms with Crippen molar-refractivity contribution in [2.75, 3.05) is 5.73 Å². The van der Waals surface area contributed by atoms with Crippen molar-refractivity contribution in [2.45, 2.75) is 0 Å². The van der Waals surface area contributed by atoms with E-state index in [-0.39, 0.29) is 5.69 Å². The molecule has 5 nitrogen and oxygen atoms in total. The Kier molecular flexibility index (Phi) is 3.21. The highest BCUT2D eigenvalue weighted by atomic mass is 79.9. The van der Waals surface area contributed by atoms with E-state index in [0.29, 0.717) is 17.3 Å². The van der Waals surface area contributed by atoms with Crippen LogP contribution in [0.15, 0.2) is 35.1 Å². The largest absolute Gasteiger partial charge is 0.437 e. The number of nitriles is 1. The molecule has 0 bridgehead atoms. The lowest BCUT2D eigenvalue weighted by atomic mass is 10.3. The molecule has 84 valence electrons. The molecule has 2 N–H and O–H groups in total. The average molecular weight is 291 g/mol. The quantitative estimate of drug-likeness (QED) is 0.918. The van der Waals surface area contributed by atoms with Crippen molar-refractivity contribution in [3.05, 3.63) is 40.8 Å². The first-order valence-electron chi connectivity index (χ1n) is 4.64. The second-order valence-corrected chi connectivity index (χ2v) is 4.06. The number of aromatic nitrogens is 2. The third-order valence-electron chi connectivity index (χ3n) is 1.91. The van der Waals surface area contributed by atoms with E-state index in [1.165, 1.54) is 0 Å². The molecule has 0 unspecified atom stereocenters. The molecule has 0 aromatic carbocycles. The van der Waals surface area contributed by atoms with Gasteiger partial charge in [-0.2, -0.15) is 5.26 Å². The molecule has 2 aromatic heterocycles. The monoisotopic (exact) mass is 290 g/mol. The topological polar surface area (TPSA) is 84.8 Å². The van der Waals surface area contributed by atoms with E-state index in [0.717, 1.165) is 4.47 Å². The summed E-state index contributed by atoms with van der Waals surface area (Å²) in [5.74, 6) is 0.830. The SMILES string of the molecule is N#Cc1nc(Oc2cncc(Br)c2)ccc1N. The zero-order valence-corrected chi connectivity index (χ0v) is 10.2. The molecule has 0 atom stereocenters. The smallest absolute Gasteiger partial charge is 0.220 e. The average Bonchev–Trinajstić information content (AvgIpc) is 2.32. The van der Waals surface area contributed by atoms with Gasteiger partial charge in [0.1, 0.15) is 11.8 Å². The van der Waals surface area contributed by atoms with Crippen LogP contribution in [0, 0.1) is 11.3 Å². The second-order valence-electron chi connectivity index (χ2n) is 3.14. The van der Waals surface area contributed by atoms with Crippen LogP contribution in [0.25, 0.3) is 0 Å². The standard InChI is InChI=1S/C11H7BrN4O/c12-7-3-8(6-15-5-7)17-11-2-1-9(14)10(4-13)16-11/h1-3,5-6H,14H2. The molecule has 6 heteroatoms. The predicted octanol–water partition coefficient (Wildman–Crippen LogP) is 2.49. The Hall–Kier alpha value is -2.13. The Morgan fingerprint density at radius 2 is 2.18 bits per heavy atom. The number of anilines is 1. The van der Waals surface area contributed by atoms with Crippen LogP contribution >= 0.6 is 15.9 Å². The van der Waals surface area contributed by atoms with Crippen LogP contribution in [-0.2, 0) is 0 Å². The molecular formula is C11H7BrN4O. The maximum atomic E-state index is 8.79. The van der Waals surface area contributed by atoms with E-state index in [1.807, 2.05) is 6.07 Å². The highest BCUT2D eigenvalue weighted by Crippen LogP contribution is 2.23. The van der Waals surface area contributed by atoms with Crippen molar-refractivity contribution < 1.29 is 4.74 Å². The van der Waals surface area contributed by atoms with Crippen molar-refractivity contribution in [3.63, 3.8) is 0 Å². The number of nitrogens with zero attached hydrogens (tertiary/aromatic N) is 3. The summed E-state index contributed by atoms with van der Waals surface area (Å²) >= 11 is 3.28. The van der Waals surface area contributed by atoms with E-state index in [1.54, 1.807) is 30.6 Å². The molecule has 0 saturated carbocycles. The Labute approximate surface area is 106 Å². The van der Waals surface area contributed by atoms with Crippen molar-refractivity contribution in [1.82, 2.24) is 9.97 Å². The van der Waals surface area contributed by atoms with Crippen LogP contribution in [-0.4, -0.2) is 9.97 Å². The summed E-state index contributed by atoms with van der Waals surface area (Å²) in [6.07, 6.45) is 3.19. The summed E-state index contributed by atoms with van der Waals surface area (Å²) in [7, 11) is 0. The van der Waals surface area contributed by atoms with Crippen molar-refractivity contribution in [2.24, 2.45) is 0 Å². The van der Waals surface area contributed by atoms with Gasteiger partial charge in [0.25, 0.3) is 0 Å². The van der Waals surface area contributed by atoms with Gasteiger partial charge in [-0.1, -0.05) is 0 Å². The summed E-state index contributed by atoms with van der Waals surface area (Å²) in [6, 6.07) is 6.81. The van der Waals surface area contributed by atoms with Crippen LogP contribution in [0.5, 0.6) is 11.6 Å². The summed E-state index contributed by atoms with van der Waals surface area (Å²) in [6.45, 7) is 0. The third kappa shape index (κ3) is 2.71. The fourth-order valence-electron chi connectivity index (χ4n) is 1.17. The molecule has 2 aromatic rings. The highest BCUT2D eigenvalue weighted by Gasteiger charge is 2.04. The normalized spacial score (nSPS) is 9.65. The van der Waals surface area contributed by atoms with Gasteiger partial charge in [-0.25, -0.2) is 4.98 Å². The van der Waals surface area contributed by atoms with Crippen LogP contribution < -0.4 is 10.5 Å². The van der Waals surface area contributed by atoms with Gasteiger partial charge in [0.15, 0.2) is 5.69 Å². The van der Waals surface area contributed by atoms with Gasteiger partial charge in [-0.05, 0) is 28.1 Å². The summed E-state index contributed by atoms with van der Waals surface area (Å²) < 4.78 is 6.24. The van der Waals surface area contributed by atoms with E-state index in [9.17, 15) is 0 Å². The van der Waals surface area contributed by atoms with Crippen molar-refractivity contribution in [1.29, 1.82) is 5.26 Å². The molecule has 0 aliphatic rings. The Bertz CT molecular complexity index is 594. The van der Waals surface area contributed by atoms with Crippen LogP contribution in [0.3, 0.4) is 0 Å². The van der Waals surface area contributed by atoms with Crippen molar-refractivity contribution >= 4 is 21.6 Å². The number of rotatable bonds is 2. The van der Waals surface area contributed by atoms with Crippen LogP contribution in [0.1, 0.15) is 5.69 Å². The Morgan fingerprint density at radius 1 is 1.35 bits per heavy atom. The molecule has 0 fully saturated rings. The molecule has 0 saturated heterocycles. The Morgan fingerprint density at radius 3 is 2.88 bits per heavy atom. The lowest BCUT2D eigenvalue weighted by Crippen LogP contribution is -1.96. The third-order valence-corrected chi connectivity index (χ3v) is 2.34. The maximum Gasteiger partial charge on any atom is 0.220 e. The van der Waals surface area contributed by atoms with Gasteiger partial charge in [0, 0.05) is 16.7 Å². The fraction of sp³-hybridized carbons (Fsp3) is 0. The van der Waals surface area contributed by atoms with Gasteiger partial charge in [-0.15, -0.1) is 0 Å². The van der Waals surface area contributed by atoms with E-state index < -0.39 is 0 Å². The molecular weight excluding hydrogens is 284 g/mol. The molecule has 0 aliphatic carbocycles. The summed E-state index contributed by atoms with van der Waals surface area (Å²) in [4.78, 5) is 7.92. The van der Waals surface area contributed by atoms with Crippen LogP contribution in [0.4, 0.5) is 5.69 Å². The predicted molar refractivity (Wildman–Crippen MR) is 65.4 cm³/mol. The van der Waals surface area contributed by atoms with E-state index >= 15 is 0 Å².